The molecule has 2 heterocycles. The average molecular weight is 490 g/mol. The second kappa shape index (κ2) is 12.0. The molecule has 2 aromatic rings. The van der Waals surface area contributed by atoms with Crippen LogP contribution in [0.2, 0.25) is 0 Å². The summed E-state index contributed by atoms with van der Waals surface area (Å²) in [7, 11) is 1.94. The Balaban J connectivity index is 0.00000364. The van der Waals surface area contributed by atoms with E-state index in [4.69, 9.17) is 9.15 Å². The first-order valence-corrected chi connectivity index (χ1v) is 9.05. The maximum atomic E-state index is 5.70. The molecular weight excluding hydrogens is 459 g/mol. The zero-order chi connectivity index (χ0) is 18.9. The highest BCUT2D eigenvalue weighted by atomic mass is 127. The largest absolute Gasteiger partial charge is 0.464 e. The summed E-state index contributed by atoms with van der Waals surface area (Å²) in [5.74, 6) is 4.17. The lowest BCUT2D eigenvalue weighted by Crippen LogP contribution is -2.39. The molecule has 0 spiro atoms. The number of guanidine groups is 1. The summed E-state index contributed by atoms with van der Waals surface area (Å²) >= 11 is 0. The van der Waals surface area contributed by atoms with Gasteiger partial charge in [0, 0.05) is 26.8 Å². The van der Waals surface area contributed by atoms with Gasteiger partial charge in [0.2, 0.25) is 0 Å². The van der Waals surface area contributed by atoms with Crippen molar-refractivity contribution in [3.05, 3.63) is 35.3 Å². The maximum absolute atomic E-state index is 5.70. The van der Waals surface area contributed by atoms with E-state index in [-0.39, 0.29) is 30.0 Å². The lowest BCUT2D eigenvalue weighted by Gasteiger charge is -2.17. The number of furan rings is 1. The Bertz CT molecular complexity index is 713. The van der Waals surface area contributed by atoms with Crippen LogP contribution in [-0.4, -0.2) is 40.5 Å². The number of rotatable bonds is 9. The molecule has 0 aliphatic heterocycles. The standard InChI is InChI=1S/C18H30N6O2.HI/c1-6-25-11-7-10-19-18(20-12-17-23-22-15(4)24(17)5)21-14(3)16-9-8-13(2)26-16;/h8-9,14H,6-7,10-12H2,1-5H3,(H2,19,20,21);1H. The van der Waals surface area contributed by atoms with Crippen molar-refractivity contribution < 1.29 is 9.15 Å². The Hall–Kier alpha value is -1.62. The highest BCUT2D eigenvalue weighted by molar-refractivity contribution is 14.0. The monoisotopic (exact) mass is 490 g/mol. The molecule has 0 amide bonds. The summed E-state index contributed by atoms with van der Waals surface area (Å²) in [5, 5.41) is 15.0. The van der Waals surface area contributed by atoms with Gasteiger partial charge in [-0.15, -0.1) is 34.2 Å². The van der Waals surface area contributed by atoms with Crippen LogP contribution in [0.5, 0.6) is 0 Å². The third-order valence-corrected chi connectivity index (χ3v) is 4.06. The molecule has 0 saturated heterocycles. The molecule has 9 heteroatoms. The van der Waals surface area contributed by atoms with Gasteiger partial charge < -0.3 is 24.4 Å². The molecule has 8 nitrogen and oxygen atoms in total. The molecule has 2 aromatic heterocycles. The van der Waals surface area contributed by atoms with Crippen LogP contribution in [0.25, 0.3) is 0 Å². The zero-order valence-corrected chi connectivity index (χ0v) is 19.1. The maximum Gasteiger partial charge on any atom is 0.192 e. The lowest BCUT2D eigenvalue weighted by molar-refractivity contribution is 0.145. The van der Waals surface area contributed by atoms with E-state index in [1.54, 1.807) is 0 Å². The van der Waals surface area contributed by atoms with E-state index in [1.807, 2.05) is 51.4 Å². The summed E-state index contributed by atoms with van der Waals surface area (Å²) in [6.07, 6.45) is 0.909. The van der Waals surface area contributed by atoms with Crippen LogP contribution in [0.3, 0.4) is 0 Å². The van der Waals surface area contributed by atoms with E-state index in [0.29, 0.717) is 12.5 Å². The van der Waals surface area contributed by atoms with Gasteiger partial charge in [-0.3, -0.25) is 0 Å². The van der Waals surface area contributed by atoms with E-state index < -0.39 is 0 Å². The molecule has 2 rings (SSSR count). The van der Waals surface area contributed by atoms with Gasteiger partial charge in [-0.1, -0.05) is 0 Å². The van der Waals surface area contributed by atoms with Crippen LogP contribution in [0.1, 0.15) is 49.5 Å². The summed E-state index contributed by atoms with van der Waals surface area (Å²) < 4.78 is 13.0. The van der Waals surface area contributed by atoms with Crippen LogP contribution < -0.4 is 10.6 Å². The summed E-state index contributed by atoms with van der Waals surface area (Å²) in [4.78, 5) is 4.65. The molecule has 0 radical (unpaired) electrons. The number of hydrogen-bond donors (Lipinski definition) is 2. The third kappa shape index (κ3) is 7.49. The first-order valence-electron chi connectivity index (χ1n) is 9.05. The van der Waals surface area contributed by atoms with Gasteiger partial charge in [-0.05, 0) is 46.2 Å². The third-order valence-electron chi connectivity index (χ3n) is 4.06. The van der Waals surface area contributed by atoms with E-state index in [1.165, 1.54) is 0 Å². The minimum atomic E-state index is 0. The van der Waals surface area contributed by atoms with Crippen molar-refractivity contribution in [3.8, 4) is 0 Å². The first-order chi connectivity index (χ1) is 12.5. The summed E-state index contributed by atoms with van der Waals surface area (Å²) in [6, 6.07) is 3.94. The molecule has 27 heavy (non-hydrogen) atoms. The van der Waals surface area contributed by atoms with Crippen molar-refractivity contribution >= 4 is 29.9 Å². The highest BCUT2D eigenvalue weighted by Crippen LogP contribution is 2.15. The molecule has 0 bridgehead atoms. The van der Waals surface area contributed by atoms with Crippen molar-refractivity contribution in [1.29, 1.82) is 0 Å². The molecule has 2 N–H and O–H groups in total. The number of aromatic nitrogens is 3. The molecular formula is C18H31IN6O2. The van der Waals surface area contributed by atoms with E-state index in [2.05, 4.69) is 25.8 Å². The fourth-order valence-electron chi connectivity index (χ4n) is 2.38. The number of ether oxygens (including phenoxy) is 1. The molecule has 0 saturated carbocycles. The summed E-state index contributed by atoms with van der Waals surface area (Å²) in [5.41, 5.74) is 0. The Morgan fingerprint density at radius 1 is 1.33 bits per heavy atom. The van der Waals surface area contributed by atoms with Crippen molar-refractivity contribution in [3.63, 3.8) is 0 Å². The van der Waals surface area contributed by atoms with Crippen molar-refractivity contribution in [2.75, 3.05) is 19.8 Å². The van der Waals surface area contributed by atoms with E-state index in [0.717, 1.165) is 49.3 Å². The molecule has 0 aliphatic rings. The number of aliphatic imine (C=N–C) groups is 1. The van der Waals surface area contributed by atoms with Crippen LogP contribution in [0.15, 0.2) is 21.5 Å². The Morgan fingerprint density at radius 3 is 2.70 bits per heavy atom. The Labute approximate surface area is 178 Å². The SMILES string of the molecule is CCOCCCNC(=NCc1nnc(C)n1C)NC(C)c1ccc(C)o1.I. The van der Waals surface area contributed by atoms with Crippen LogP contribution in [-0.2, 0) is 18.3 Å². The molecule has 152 valence electrons. The number of hydrogen-bond acceptors (Lipinski definition) is 5. The zero-order valence-electron chi connectivity index (χ0n) is 16.8. The van der Waals surface area contributed by atoms with Crippen molar-refractivity contribution in [2.45, 2.75) is 46.7 Å². The topological polar surface area (TPSA) is 89.5 Å². The number of halogens is 1. The average Bonchev–Trinajstić information content (AvgIpc) is 3.19. The summed E-state index contributed by atoms with van der Waals surface area (Å²) in [6.45, 7) is 10.6. The fraction of sp³-hybridized carbons (Fsp3) is 0.611. The quantitative estimate of drug-likeness (QED) is 0.243. The Morgan fingerprint density at radius 2 is 2.11 bits per heavy atom. The first kappa shape index (κ1) is 23.4. The second-order valence-electron chi connectivity index (χ2n) is 6.18. The molecule has 0 aromatic carbocycles. The second-order valence-corrected chi connectivity index (χ2v) is 6.18. The van der Waals surface area contributed by atoms with E-state index >= 15 is 0 Å². The van der Waals surface area contributed by atoms with Crippen molar-refractivity contribution in [2.24, 2.45) is 12.0 Å². The number of aryl methyl sites for hydroxylation is 2. The van der Waals surface area contributed by atoms with Crippen LogP contribution in [0.4, 0.5) is 0 Å². The molecule has 0 aliphatic carbocycles. The number of nitrogens with one attached hydrogen (secondary N) is 2. The molecule has 1 unspecified atom stereocenters. The van der Waals surface area contributed by atoms with Gasteiger partial charge in [0.1, 0.15) is 23.9 Å². The highest BCUT2D eigenvalue weighted by Gasteiger charge is 2.12. The Kier molecular flexibility index (Phi) is 10.4. The van der Waals surface area contributed by atoms with Gasteiger partial charge >= 0.3 is 0 Å². The minimum absolute atomic E-state index is 0. The van der Waals surface area contributed by atoms with Gasteiger partial charge in [-0.25, -0.2) is 4.99 Å². The number of nitrogens with zero attached hydrogens (tertiary/aromatic N) is 4. The van der Waals surface area contributed by atoms with E-state index in [9.17, 15) is 0 Å². The lowest BCUT2D eigenvalue weighted by atomic mass is 10.2. The minimum Gasteiger partial charge on any atom is -0.464 e. The van der Waals surface area contributed by atoms with Gasteiger partial charge in [-0.2, -0.15) is 0 Å². The fourth-order valence-corrected chi connectivity index (χ4v) is 2.38. The van der Waals surface area contributed by atoms with Gasteiger partial charge in [0.05, 0.1) is 6.04 Å². The predicted molar refractivity (Wildman–Crippen MR) is 116 cm³/mol. The molecule has 1 atom stereocenters. The molecule has 0 fully saturated rings. The van der Waals surface area contributed by atoms with Gasteiger partial charge in [0.25, 0.3) is 0 Å². The normalized spacial score (nSPS) is 12.6. The van der Waals surface area contributed by atoms with Crippen molar-refractivity contribution in [1.82, 2.24) is 25.4 Å². The smallest absolute Gasteiger partial charge is 0.192 e. The van der Waals surface area contributed by atoms with Crippen LogP contribution >= 0.6 is 24.0 Å². The van der Waals surface area contributed by atoms with Crippen LogP contribution in [0, 0.1) is 13.8 Å². The predicted octanol–water partition coefficient (Wildman–Crippen LogP) is 2.87. The van der Waals surface area contributed by atoms with Gasteiger partial charge in [0.15, 0.2) is 11.8 Å².